The topological polar surface area (TPSA) is 55.1 Å². The summed E-state index contributed by atoms with van der Waals surface area (Å²) >= 11 is 3.44. The number of rotatable bonds is 5. The number of hydrogen-bond acceptors (Lipinski definition) is 2. The van der Waals surface area contributed by atoms with Gasteiger partial charge < -0.3 is 11.1 Å². The molecule has 16 heavy (non-hydrogen) atoms. The second-order valence-corrected chi connectivity index (χ2v) is 4.90. The molecule has 0 saturated heterocycles. The van der Waals surface area contributed by atoms with Gasteiger partial charge in [-0.05, 0) is 30.5 Å². The quantitative estimate of drug-likeness (QED) is 0.869. The van der Waals surface area contributed by atoms with Gasteiger partial charge in [0.25, 0.3) is 0 Å². The molecule has 2 atom stereocenters. The molecule has 0 spiro atoms. The first-order chi connectivity index (χ1) is 7.50. The van der Waals surface area contributed by atoms with Crippen molar-refractivity contribution in [3.8, 4) is 0 Å². The van der Waals surface area contributed by atoms with Crippen LogP contribution in [0.4, 0.5) is 0 Å². The van der Waals surface area contributed by atoms with Crippen molar-refractivity contribution in [1.29, 1.82) is 0 Å². The smallest absolute Gasteiger partial charge is 0.234 e. The number of amides is 1. The minimum Gasteiger partial charge on any atom is -0.368 e. The maximum Gasteiger partial charge on any atom is 0.234 e. The fourth-order valence-corrected chi connectivity index (χ4v) is 1.80. The molecule has 4 heteroatoms. The summed E-state index contributed by atoms with van der Waals surface area (Å²) < 4.78 is 1.07. The molecule has 1 aromatic rings. The Morgan fingerprint density at radius 1 is 1.50 bits per heavy atom. The number of halogens is 1. The molecule has 0 aliphatic carbocycles. The normalized spacial score (nSPS) is 14.4. The third-order valence-corrected chi connectivity index (χ3v) is 3.07. The number of primary amides is 1. The van der Waals surface area contributed by atoms with Crippen LogP contribution in [0, 0.1) is 0 Å². The maximum absolute atomic E-state index is 10.9. The number of nitrogens with one attached hydrogen (secondary N) is 1. The van der Waals surface area contributed by atoms with Crippen molar-refractivity contribution >= 4 is 21.8 Å². The van der Waals surface area contributed by atoms with Crippen molar-refractivity contribution in [1.82, 2.24) is 5.32 Å². The van der Waals surface area contributed by atoms with Gasteiger partial charge in [-0.2, -0.15) is 0 Å². The Kier molecular flexibility index (Phi) is 4.96. The molecule has 0 fully saturated rings. The largest absolute Gasteiger partial charge is 0.368 e. The van der Waals surface area contributed by atoms with Gasteiger partial charge in [-0.3, -0.25) is 4.79 Å². The van der Waals surface area contributed by atoms with Crippen molar-refractivity contribution in [2.45, 2.75) is 25.8 Å². The van der Waals surface area contributed by atoms with Gasteiger partial charge in [-0.15, -0.1) is 0 Å². The van der Waals surface area contributed by atoms with Crippen LogP contribution in [0.3, 0.4) is 0 Å². The van der Waals surface area contributed by atoms with Gasteiger partial charge in [0, 0.05) is 11.0 Å². The first kappa shape index (κ1) is 13.2. The lowest BCUT2D eigenvalue weighted by Gasteiger charge is -2.16. The molecule has 88 valence electrons. The molecule has 0 heterocycles. The minimum absolute atomic E-state index is 0.283. The van der Waals surface area contributed by atoms with Crippen LogP contribution in [-0.4, -0.2) is 18.5 Å². The average molecular weight is 285 g/mol. The first-order valence-electron chi connectivity index (χ1n) is 5.29. The standard InChI is InChI=1S/C12H17BrN2O/c1-8(7-15-9(2)12(14)16)10-4-3-5-11(13)6-10/h3-6,8-9,15H,7H2,1-2H3,(H2,14,16)/t8?,9-/m0/s1. The Labute approximate surface area is 105 Å². The minimum atomic E-state index is -0.318. The van der Waals surface area contributed by atoms with E-state index >= 15 is 0 Å². The summed E-state index contributed by atoms with van der Waals surface area (Å²) in [6, 6.07) is 7.88. The highest BCUT2D eigenvalue weighted by Gasteiger charge is 2.11. The van der Waals surface area contributed by atoms with E-state index in [-0.39, 0.29) is 11.9 Å². The fraction of sp³-hybridized carbons (Fsp3) is 0.417. The first-order valence-corrected chi connectivity index (χ1v) is 6.08. The van der Waals surface area contributed by atoms with Gasteiger partial charge in [-0.1, -0.05) is 35.0 Å². The van der Waals surface area contributed by atoms with Crippen LogP contribution >= 0.6 is 15.9 Å². The second kappa shape index (κ2) is 6.01. The fourth-order valence-electron chi connectivity index (χ4n) is 1.39. The van der Waals surface area contributed by atoms with Gasteiger partial charge in [0.1, 0.15) is 0 Å². The zero-order valence-corrected chi connectivity index (χ0v) is 11.1. The summed E-state index contributed by atoms with van der Waals surface area (Å²) in [5.74, 6) is 0.0285. The molecule has 0 radical (unpaired) electrons. The van der Waals surface area contributed by atoms with Crippen molar-refractivity contribution < 1.29 is 4.79 Å². The van der Waals surface area contributed by atoms with E-state index in [4.69, 9.17) is 5.73 Å². The molecule has 0 aromatic heterocycles. The highest BCUT2D eigenvalue weighted by Crippen LogP contribution is 2.19. The predicted octanol–water partition coefficient (Wildman–Crippen LogP) is 2.02. The molecular weight excluding hydrogens is 268 g/mol. The second-order valence-electron chi connectivity index (χ2n) is 3.99. The van der Waals surface area contributed by atoms with Crippen molar-refractivity contribution in [2.75, 3.05) is 6.54 Å². The summed E-state index contributed by atoms with van der Waals surface area (Å²) in [7, 11) is 0. The van der Waals surface area contributed by atoms with E-state index in [0.29, 0.717) is 5.92 Å². The Morgan fingerprint density at radius 2 is 2.19 bits per heavy atom. The molecule has 0 aliphatic rings. The Bertz CT molecular complexity index is 368. The lowest BCUT2D eigenvalue weighted by molar-refractivity contribution is -0.119. The van der Waals surface area contributed by atoms with E-state index < -0.39 is 0 Å². The number of carbonyl (C=O) groups is 1. The lowest BCUT2D eigenvalue weighted by Crippen LogP contribution is -2.40. The number of hydrogen-bond donors (Lipinski definition) is 2. The predicted molar refractivity (Wildman–Crippen MR) is 69.2 cm³/mol. The van der Waals surface area contributed by atoms with Crippen LogP contribution in [0.2, 0.25) is 0 Å². The summed E-state index contributed by atoms with van der Waals surface area (Å²) in [6.45, 7) is 4.62. The Morgan fingerprint density at radius 3 is 2.75 bits per heavy atom. The summed E-state index contributed by atoms with van der Waals surface area (Å²) in [4.78, 5) is 10.9. The van der Waals surface area contributed by atoms with Crippen LogP contribution in [-0.2, 0) is 4.79 Å². The van der Waals surface area contributed by atoms with E-state index in [1.54, 1.807) is 6.92 Å². The van der Waals surface area contributed by atoms with Gasteiger partial charge >= 0.3 is 0 Å². The van der Waals surface area contributed by atoms with Crippen LogP contribution in [0.1, 0.15) is 25.3 Å². The van der Waals surface area contributed by atoms with Gasteiger partial charge in [0.05, 0.1) is 6.04 Å². The zero-order chi connectivity index (χ0) is 12.1. The van der Waals surface area contributed by atoms with Crippen LogP contribution in [0.15, 0.2) is 28.7 Å². The van der Waals surface area contributed by atoms with Crippen LogP contribution < -0.4 is 11.1 Å². The molecule has 1 amide bonds. The van der Waals surface area contributed by atoms with E-state index in [0.717, 1.165) is 11.0 Å². The number of carbonyl (C=O) groups excluding carboxylic acids is 1. The van der Waals surface area contributed by atoms with Gasteiger partial charge in [0.2, 0.25) is 5.91 Å². The molecule has 1 unspecified atom stereocenters. The molecule has 0 aliphatic heterocycles. The van der Waals surface area contributed by atoms with E-state index in [1.807, 2.05) is 12.1 Å². The summed E-state index contributed by atoms with van der Waals surface area (Å²) in [5.41, 5.74) is 6.41. The third-order valence-electron chi connectivity index (χ3n) is 2.57. The molecule has 0 saturated carbocycles. The average Bonchev–Trinajstić information content (AvgIpc) is 2.25. The van der Waals surface area contributed by atoms with Crippen LogP contribution in [0.5, 0.6) is 0 Å². The highest BCUT2D eigenvalue weighted by atomic mass is 79.9. The lowest BCUT2D eigenvalue weighted by atomic mass is 10.0. The zero-order valence-electron chi connectivity index (χ0n) is 9.53. The molecule has 1 aromatic carbocycles. The summed E-state index contributed by atoms with van der Waals surface area (Å²) in [6.07, 6.45) is 0. The van der Waals surface area contributed by atoms with Gasteiger partial charge in [0.15, 0.2) is 0 Å². The molecule has 3 nitrogen and oxygen atoms in total. The Balaban J connectivity index is 2.52. The molecule has 1 rings (SSSR count). The van der Waals surface area contributed by atoms with E-state index in [1.165, 1.54) is 5.56 Å². The molecule has 3 N–H and O–H groups in total. The number of nitrogens with two attached hydrogens (primary N) is 1. The summed E-state index contributed by atoms with van der Waals surface area (Å²) in [5, 5.41) is 3.11. The van der Waals surface area contributed by atoms with Crippen molar-refractivity contribution in [2.24, 2.45) is 5.73 Å². The van der Waals surface area contributed by atoms with E-state index in [9.17, 15) is 4.79 Å². The maximum atomic E-state index is 10.9. The Hall–Kier alpha value is -0.870. The van der Waals surface area contributed by atoms with Crippen molar-refractivity contribution in [3.63, 3.8) is 0 Å². The molecular formula is C12H17BrN2O. The van der Waals surface area contributed by atoms with Crippen molar-refractivity contribution in [3.05, 3.63) is 34.3 Å². The van der Waals surface area contributed by atoms with Crippen LogP contribution in [0.25, 0.3) is 0 Å². The highest BCUT2D eigenvalue weighted by molar-refractivity contribution is 9.10. The molecule has 0 bridgehead atoms. The SMILES string of the molecule is CC(CN[C@@H](C)C(N)=O)c1cccc(Br)c1. The van der Waals surface area contributed by atoms with E-state index in [2.05, 4.69) is 40.3 Å². The van der Waals surface area contributed by atoms with Gasteiger partial charge in [-0.25, -0.2) is 0 Å². The monoisotopic (exact) mass is 284 g/mol. The number of benzene rings is 1. The third kappa shape index (κ3) is 3.94.